The number of nitrogens with two attached hydrogens (primary N) is 1. The first-order chi connectivity index (χ1) is 7.15. The lowest BCUT2D eigenvalue weighted by Crippen LogP contribution is -2.35. The topological polar surface area (TPSA) is 75.8 Å². The molecule has 84 valence electrons. The number of H-pyrrole nitrogens is 1. The van der Waals surface area contributed by atoms with Crippen LogP contribution in [0.3, 0.4) is 0 Å². The molecule has 0 unspecified atom stereocenters. The fourth-order valence-electron chi connectivity index (χ4n) is 2.07. The average Bonchev–Trinajstić information content (AvgIpc) is 2.56. The van der Waals surface area contributed by atoms with Crippen LogP contribution >= 0.6 is 0 Å². The maximum absolute atomic E-state index is 11.7. The van der Waals surface area contributed by atoms with Crippen LogP contribution in [0.1, 0.15) is 43.6 Å². The third kappa shape index (κ3) is 1.61. The van der Waals surface area contributed by atoms with Crippen molar-refractivity contribution in [1.29, 1.82) is 0 Å². The SMILES string of the molecule is CC[C@H](C)n1[nH]c(=O)c2c1CNC[C@H]2N. The highest BCUT2D eigenvalue weighted by Crippen LogP contribution is 2.20. The quantitative estimate of drug-likeness (QED) is 0.655. The van der Waals surface area contributed by atoms with E-state index in [1.807, 2.05) is 4.68 Å². The minimum atomic E-state index is -0.178. The van der Waals surface area contributed by atoms with Gasteiger partial charge in [0.15, 0.2) is 0 Å². The van der Waals surface area contributed by atoms with Crippen molar-refractivity contribution in [2.75, 3.05) is 6.54 Å². The van der Waals surface area contributed by atoms with Gasteiger partial charge in [-0.25, -0.2) is 0 Å². The predicted octanol–water partition coefficient (Wildman–Crippen LogP) is 0.250. The Hall–Kier alpha value is -1.07. The summed E-state index contributed by atoms with van der Waals surface area (Å²) in [6, 6.07) is 0.136. The van der Waals surface area contributed by atoms with Crippen molar-refractivity contribution in [3.05, 3.63) is 21.6 Å². The molecule has 2 rings (SSSR count). The van der Waals surface area contributed by atoms with Gasteiger partial charge in [-0.1, -0.05) is 6.92 Å². The number of nitrogens with one attached hydrogen (secondary N) is 2. The van der Waals surface area contributed by atoms with Gasteiger partial charge in [0.25, 0.3) is 5.56 Å². The summed E-state index contributed by atoms with van der Waals surface area (Å²) in [5.74, 6) is 0. The van der Waals surface area contributed by atoms with Crippen molar-refractivity contribution in [2.45, 2.75) is 38.9 Å². The molecule has 1 aromatic rings. The molecule has 1 aliphatic rings. The molecule has 2 heterocycles. The summed E-state index contributed by atoms with van der Waals surface area (Å²) in [4.78, 5) is 11.7. The van der Waals surface area contributed by atoms with Gasteiger partial charge >= 0.3 is 0 Å². The van der Waals surface area contributed by atoms with Crippen LogP contribution in [0.25, 0.3) is 0 Å². The first-order valence-electron chi connectivity index (χ1n) is 5.44. The number of hydrogen-bond acceptors (Lipinski definition) is 3. The van der Waals surface area contributed by atoms with Gasteiger partial charge in [-0.05, 0) is 13.3 Å². The van der Waals surface area contributed by atoms with E-state index in [4.69, 9.17) is 5.73 Å². The van der Waals surface area contributed by atoms with E-state index in [2.05, 4.69) is 24.3 Å². The summed E-state index contributed by atoms with van der Waals surface area (Å²) in [6.07, 6.45) is 0.992. The number of fused-ring (bicyclic) bond motifs is 1. The molecule has 0 radical (unpaired) electrons. The van der Waals surface area contributed by atoms with E-state index < -0.39 is 0 Å². The average molecular weight is 210 g/mol. The van der Waals surface area contributed by atoms with Crippen LogP contribution in [-0.4, -0.2) is 16.3 Å². The van der Waals surface area contributed by atoms with Gasteiger partial charge in [0.05, 0.1) is 11.3 Å². The largest absolute Gasteiger partial charge is 0.323 e. The summed E-state index contributed by atoms with van der Waals surface area (Å²) < 4.78 is 1.95. The maximum Gasteiger partial charge on any atom is 0.269 e. The first kappa shape index (κ1) is 10.4. The molecule has 0 fully saturated rings. The third-order valence-corrected chi connectivity index (χ3v) is 3.13. The third-order valence-electron chi connectivity index (χ3n) is 3.13. The van der Waals surface area contributed by atoms with Crippen LogP contribution < -0.4 is 16.6 Å². The van der Waals surface area contributed by atoms with Gasteiger partial charge in [0, 0.05) is 25.2 Å². The molecule has 0 spiro atoms. The lowest BCUT2D eigenvalue weighted by molar-refractivity contribution is 0.436. The molecule has 1 aromatic heterocycles. The highest BCUT2D eigenvalue weighted by atomic mass is 16.1. The second kappa shape index (κ2) is 3.83. The summed E-state index contributed by atoms with van der Waals surface area (Å²) in [5.41, 5.74) is 7.66. The smallest absolute Gasteiger partial charge is 0.269 e. The Bertz CT molecular complexity index is 406. The second-order valence-corrected chi connectivity index (χ2v) is 4.17. The van der Waals surface area contributed by atoms with Gasteiger partial charge < -0.3 is 11.1 Å². The molecule has 0 amide bonds. The van der Waals surface area contributed by atoms with Crippen molar-refractivity contribution < 1.29 is 0 Å². The lowest BCUT2D eigenvalue weighted by atomic mass is 10.0. The molecule has 0 saturated heterocycles. The number of aromatic nitrogens is 2. The number of aromatic amines is 1. The van der Waals surface area contributed by atoms with Crippen LogP contribution in [-0.2, 0) is 6.54 Å². The zero-order chi connectivity index (χ0) is 11.0. The van der Waals surface area contributed by atoms with E-state index in [-0.39, 0.29) is 11.6 Å². The van der Waals surface area contributed by atoms with E-state index in [0.29, 0.717) is 12.6 Å². The van der Waals surface area contributed by atoms with Crippen molar-refractivity contribution in [2.24, 2.45) is 5.73 Å². The van der Waals surface area contributed by atoms with Crippen molar-refractivity contribution in [1.82, 2.24) is 15.1 Å². The molecule has 0 aliphatic carbocycles. The van der Waals surface area contributed by atoms with Gasteiger partial charge in [-0.3, -0.25) is 14.6 Å². The van der Waals surface area contributed by atoms with Crippen molar-refractivity contribution in [3.8, 4) is 0 Å². The number of hydrogen-bond donors (Lipinski definition) is 3. The molecule has 15 heavy (non-hydrogen) atoms. The summed E-state index contributed by atoms with van der Waals surface area (Å²) in [7, 11) is 0. The highest BCUT2D eigenvalue weighted by molar-refractivity contribution is 5.25. The minimum absolute atomic E-state index is 0.0284. The maximum atomic E-state index is 11.7. The van der Waals surface area contributed by atoms with Gasteiger partial charge in [-0.2, -0.15) is 0 Å². The van der Waals surface area contributed by atoms with Crippen LogP contribution in [0, 0.1) is 0 Å². The van der Waals surface area contributed by atoms with Crippen LogP contribution in [0.4, 0.5) is 0 Å². The van der Waals surface area contributed by atoms with E-state index in [1.54, 1.807) is 0 Å². The first-order valence-corrected chi connectivity index (χ1v) is 5.44. The molecule has 5 heteroatoms. The standard InChI is InChI=1S/C10H18N4O/c1-3-6(2)14-8-5-12-4-7(11)9(8)10(15)13-14/h6-7,12H,3-5,11H2,1-2H3,(H,13,15)/t6-,7+/m0/s1. The lowest BCUT2D eigenvalue weighted by Gasteiger charge is -2.22. The van der Waals surface area contributed by atoms with Crippen LogP contribution in [0.15, 0.2) is 4.79 Å². The molecule has 1 aliphatic heterocycles. The van der Waals surface area contributed by atoms with Gasteiger partial charge in [-0.15, -0.1) is 0 Å². The number of rotatable bonds is 2. The van der Waals surface area contributed by atoms with Crippen LogP contribution in [0.2, 0.25) is 0 Å². The Morgan fingerprint density at radius 2 is 2.40 bits per heavy atom. The minimum Gasteiger partial charge on any atom is -0.323 e. The summed E-state index contributed by atoms with van der Waals surface area (Å²) in [6.45, 7) is 5.61. The molecule has 0 bridgehead atoms. The molecule has 0 aromatic carbocycles. The van der Waals surface area contributed by atoms with E-state index in [0.717, 1.165) is 24.2 Å². The normalized spacial score (nSPS) is 22.5. The Labute approximate surface area is 88.6 Å². The second-order valence-electron chi connectivity index (χ2n) is 4.17. The molecular weight excluding hydrogens is 192 g/mol. The zero-order valence-electron chi connectivity index (χ0n) is 9.21. The van der Waals surface area contributed by atoms with E-state index in [9.17, 15) is 4.79 Å². The molecular formula is C10H18N4O. The molecule has 2 atom stereocenters. The Morgan fingerprint density at radius 1 is 1.67 bits per heavy atom. The zero-order valence-corrected chi connectivity index (χ0v) is 9.21. The Kier molecular flexibility index (Phi) is 2.67. The molecule has 0 saturated carbocycles. The Balaban J connectivity index is 2.51. The predicted molar refractivity (Wildman–Crippen MR) is 58.7 cm³/mol. The monoisotopic (exact) mass is 210 g/mol. The van der Waals surface area contributed by atoms with E-state index >= 15 is 0 Å². The highest BCUT2D eigenvalue weighted by Gasteiger charge is 2.25. The Morgan fingerprint density at radius 3 is 3.07 bits per heavy atom. The van der Waals surface area contributed by atoms with E-state index in [1.165, 1.54) is 0 Å². The van der Waals surface area contributed by atoms with Crippen LogP contribution in [0.5, 0.6) is 0 Å². The summed E-state index contributed by atoms with van der Waals surface area (Å²) >= 11 is 0. The van der Waals surface area contributed by atoms with Gasteiger partial charge in [0.1, 0.15) is 0 Å². The number of nitrogens with zero attached hydrogens (tertiary/aromatic N) is 1. The summed E-state index contributed by atoms with van der Waals surface area (Å²) in [5, 5.41) is 6.10. The van der Waals surface area contributed by atoms with Crippen molar-refractivity contribution >= 4 is 0 Å². The fourth-order valence-corrected chi connectivity index (χ4v) is 2.07. The van der Waals surface area contributed by atoms with Crippen molar-refractivity contribution in [3.63, 3.8) is 0 Å². The fraction of sp³-hybridized carbons (Fsp3) is 0.700. The van der Waals surface area contributed by atoms with Gasteiger partial charge in [0.2, 0.25) is 0 Å². The molecule has 5 nitrogen and oxygen atoms in total. The molecule has 4 N–H and O–H groups in total.